The second-order valence-electron chi connectivity index (χ2n) is 9.11. The lowest BCUT2D eigenvalue weighted by Crippen LogP contribution is -2.25. The Bertz CT molecular complexity index is 1260. The fraction of sp³-hybridized carbons (Fsp3) is 0.357. The SMILES string of the molecule is COc1cc(C(=O)CCC(C)(O)c2ccc(OC)c(-c3ccc(F)c(Cl)c3)n2)ccc1OC1CCC1. The van der Waals surface area contributed by atoms with Gasteiger partial charge in [-0.3, -0.25) is 4.79 Å². The van der Waals surface area contributed by atoms with Crippen molar-refractivity contribution in [2.75, 3.05) is 14.2 Å². The highest BCUT2D eigenvalue weighted by Gasteiger charge is 2.28. The van der Waals surface area contributed by atoms with Gasteiger partial charge in [0.25, 0.3) is 0 Å². The third kappa shape index (κ3) is 5.63. The molecule has 1 aromatic heterocycles. The summed E-state index contributed by atoms with van der Waals surface area (Å²) in [4.78, 5) is 17.5. The standard InChI is InChI=1S/C28H29ClFNO5/c1-28(33,26-12-11-24(34-2)27(31-26)18-7-9-21(30)20(29)15-18)14-13-22(32)17-8-10-23(25(16-17)35-3)36-19-5-4-6-19/h7-12,15-16,19,33H,4-6,13-14H2,1-3H3. The minimum absolute atomic E-state index is 0.0429. The minimum atomic E-state index is -1.40. The molecule has 1 heterocycles. The lowest BCUT2D eigenvalue weighted by molar-refractivity contribution is 0.0397. The number of ether oxygens (including phenoxy) is 3. The maximum atomic E-state index is 13.7. The van der Waals surface area contributed by atoms with E-state index in [4.69, 9.17) is 25.8 Å². The summed E-state index contributed by atoms with van der Waals surface area (Å²) < 4.78 is 30.4. The average Bonchev–Trinajstić information content (AvgIpc) is 2.86. The Morgan fingerprint density at radius 3 is 2.44 bits per heavy atom. The number of Topliss-reactive ketones (excluding diaryl/α,β-unsaturated/α-hetero) is 1. The summed E-state index contributed by atoms with van der Waals surface area (Å²) in [6.45, 7) is 1.60. The van der Waals surface area contributed by atoms with Gasteiger partial charge in [-0.05, 0) is 81.1 Å². The van der Waals surface area contributed by atoms with Crippen LogP contribution in [0.3, 0.4) is 0 Å². The van der Waals surface area contributed by atoms with E-state index >= 15 is 0 Å². The third-order valence-electron chi connectivity index (χ3n) is 6.49. The van der Waals surface area contributed by atoms with E-state index in [-0.39, 0.29) is 29.8 Å². The predicted octanol–water partition coefficient (Wildman–Crippen LogP) is 6.36. The van der Waals surface area contributed by atoms with Crippen LogP contribution in [-0.2, 0) is 5.60 Å². The summed E-state index contributed by atoms with van der Waals surface area (Å²) in [5.41, 5.74) is 0.387. The number of ketones is 1. The number of benzene rings is 2. The van der Waals surface area contributed by atoms with Gasteiger partial charge in [-0.2, -0.15) is 0 Å². The monoisotopic (exact) mass is 513 g/mol. The van der Waals surface area contributed by atoms with Crippen molar-refractivity contribution in [2.24, 2.45) is 0 Å². The van der Waals surface area contributed by atoms with Gasteiger partial charge in [-0.25, -0.2) is 9.37 Å². The molecule has 36 heavy (non-hydrogen) atoms. The molecule has 0 saturated heterocycles. The molecule has 190 valence electrons. The number of methoxy groups -OCH3 is 2. The third-order valence-corrected chi connectivity index (χ3v) is 6.78. The quantitative estimate of drug-likeness (QED) is 0.318. The van der Waals surface area contributed by atoms with Crippen LogP contribution in [0.15, 0.2) is 48.5 Å². The number of carbonyl (C=O) groups is 1. The van der Waals surface area contributed by atoms with E-state index in [1.807, 2.05) is 0 Å². The molecular formula is C28H29ClFNO5. The maximum absolute atomic E-state index is 13.7. The number of aromatic nitrogens is 1. The molecule has 1 fully saturated rings. The van der Waals surface area contributed by atoms with Crippen molar-refractivity contribution < 1.29 is 28.5 Å². The zero-order chi connectivity index (χ0) is 25.9. The number of halogens is 2. The molecule has 3 aromatic rings. The smallest absolute Gasteiger partial charge is 0.163 e. The first-order valence-electron chi connectivity index (χ1n) is 11.8. The number of pyridine rings is 1. The Kier molecular flexibility index (Phi) is 7.81. The molecule has 2 aromatic carbocycles. The van der Waals surface area contributed by atoms with Crippen LogP contribution in [-0.4, -0.2) is 36.2 Å². The summed E-state index contributed by atoms with van der Waals surface area (Å²) in [6, 6.07) is 12.7. The highest BCUT2D eigenvalue weighted by Crippen LogP contribution is 2.36. The number of carbonyl (C=O) groups excluding carboxylic acids is 1. The minimum Gasteiger partial charge on any atom is -0.494 e. The molecule has 0 spiro atoms. The Morgan fingerprint density at radius 2 is 1.81 bits per heavy atom. The van der Waals surface area contributed by atoms with Crippen LogP contribution in [0.25, 0.3) is 11.3 Å². The summed E-state index contributed by atoms with van der Waals surface area (Å²) in [5.74, 6) is 0.910. The van der Waals surface area contributed by atoms with E-state index in [1.165, 1.54) is 19.2 Å². The van der Waals surface area contributed by atoms with Crippen LogP contribution in [0.2, 0.25) is 5.02 Å². The second-order valence-corrected chi connectivity index (χ2v) is 9.52. The second kappa shape index (κ2) is 10.8. The van der Waals surface area contributed by atoms with Crippen LogP contribution in [0.1, 0.15) is 55.1 Å². The first-order valence-corrected chi connectivity index (χ1v) is 12.2. The lowest BCUT2D eigenvalue weighted by Gasteiger charge is -2.27. The van der Waals surface area contributed by atoms with Crippen molar-refractivity contribution in [3.05, 3.63) is 70.6 Å². The van der Waals surface area contributed by atoms with E-state index < -0.39 is 11.4 Å². The van der Waals surface area contributed by atoms with Crippen molar-refractivity contribution >= 4 is 17.4 Å². The predicted molar refractivity (Wildman–Crippen MR) is 136 cm³/mol. The molecule has 1 N–H and O–H groups in total. The molecule has 4 rings (SSSR count). The first-order chi connectivity index (χ1) is 17.2. The summed E-state index contributed by atoms with van der Waals surface area (Å²) in [5, 5.41) is 11.2. The number of hydrogen-bond donors (Lipinski definition) is 1. The van der Waals surface area contributed by atoms with Gasteiger partial charge in [0.1, 0.15) is 22.9 Å². The summed E-state index contributed by atoms with van der Waals surface area (Å²) in [7, 11) is 3.04. The molecular weight excluding hydrogens is 485 g/mol. The van der Waals surface area contributed by atoms with Gasteiger partial charge in [0, 0.05) is 17.5 Å². The van der Waals surface area contributed by atoms with E-state index in [2.05, 4.69) is 4.98 Å². The highest BCUT2D eigenvalue weighted by atomic mass is 35.5. The first kappa shape index (κ1) is 25.9. The molecule has 1 atom stereocenters. The zero-order valence-electron chi connectivity index (χ0n) is 20.5. The van der Waals surface area contributed by atoms with E-state index in [0.29, 0.717) is 39.8 Å². The van der Waals surface area contributed by atoms with E-state index in [9.17, 15) is 14.3 Å². The molecule has 1 aliphatic rings. The number of rotatable bonds is 10. The van der Waals surface area contributed by atoms with Crippen molar-refractivity contribution in [2.45, 2.75) is 50.7 Å². The lowest BCUT2D eigenvalue weighted by atomic mass is 9.92. The van der Waals surface area contributed by atoms with Crippen LogP contribution in [0.4, 0.5) is 4.39 Å². The molecule has 0 amide bonds. The largest absolute Gasteiger partial charge is 0.494 e. The van der Waals surface area contributed by atoms with Crippen LogP contribution in [0, 0.1) is 5.82 Å². The van der Waals surface area contributed by atoms with Crippen molar-refractivity contribution in [1.29, 1.82) is 0 Å². The van der Waals surface area contributed by atoms with Gasteiger partial charge in [-0.1, -0.05) is 11.6 Å². The van der Waals surface area contributed by atoms with Crippen molar-refractivity contribution in [3.63, 3.8) is 0 Å². The van der Waals surface area contributed by atoms with Gasteiger partial charge in [-0.15, -0.1) is 0 Å². The van der Waals surface area contributed by atoms with Crippen LogP contribution < -0.4 is 14.2 Å². The van der Waals surface area contributed by atoms with Gasteiger partial charge >= 0.3 is 0 Å². The molecule has 6 nitrogen and oxygen atoms in total. The summed E-state index contributed by atoms with van der Waals surface area (Å²) in [6.07, 6.45) is 3.62. The van der Waals surface area contributed by atoms with Crippen LogP contribution >= 0.6 is 11.6 Å². The molecule has 0 bridgehead atoms. The van der Waals surface area contributed by atoms with Gasteiger partial charge in [0.05, 0.1) is 31.0 Å². The normalized spacial score (nSPS) is 15.1. The maximum Gasteiger partial charge on any atom is 0.163 e. The fourth-order valence-corrected chi connectivity index (χ4v) is 4.18. The number of aliphatic hydroxyl groups is 1. The molecule has 8 heteroatoms. The van der Waals surface area contributed by atoms with Gasteiger partial charge < -0.3 is 19.3 Å². The van der Waals surface area contributed by atoms with Crippen molar-refractivity contribution in [1.82, 2.24) is 4.98 Å². The molecule has 1 saturated carbocycles. The Morgan fingerprint density at radius 1 is 1.08 bits per heavy atom. The number of nitrogens with zero attached hydrogens (tertiary/aromatic N) is 1. The average molecular weight is 514 g/mol. The molecule has 0 aliphatic heterocycles. The van der Waals surface area contributed by atoms with Gasteiger partial charge in [0.2, 0.25) is 0 Å². The van der Waals surface area contributed by atoms with Crippen molar-refractivity contribution in [3.8, 4) is 28.5 Å². The molecule has 0 radical (unpaired) electrons. The Balaban J connectivity index is 1.50. The number of hydrogen-bond acceptors (Lipinski definition) is 6. The zero-order valence-corrected chi connectivity index (χ0v) is 21.3. The highest BCUT2D eigenvalue weighted by molar-refractivity contribution is 6.31. The topological polar surface area (TPSA) is 77.9 Å². The Hall–Kier alpha value is -3.16. The van der Waals surface area contributed by atoms with Gasteiger partial charge in [0.15, 0.2) is 17.3 Å². The van der Waals surface area contributed by atoms with E-state index in [0.717, 1.165) is 19.3 Å². The Labute approximate surface area is 215 Å². The fourth-order valence-electron chi connectivity index (χ4n) is 4.00. The summed E-state index contributed by atoms with van der Waals surface area (Å²) >= 11 is 5.95. The molecule has 1 aliphatic carbocycles. The molecule has 1 unspecified atom stereocenters. The van der Waals surface area contributed by atoms with E-state index in [1.54, 1.807) is 50.4 Å². The van der Waals surface area contributed by atoms with Crippen LogP contribution in [0.5, 0.6) is 17.2 Å².